The molecule has 0 amide bonds. The second kappa shape index (κ2) is 10.7. The summed E-state index contributed by atoms with van der Waals surface area (Å²) in [6, 6.07) is 18.5. The van der Waals surface area contributed by atoms with Gasteiger partial charge in [0.1, 0.15) is 0 Å². The lowest BCUT2D eigenvalue weighted by Crippen LogP contribution is -2.44. The van der Waals surface area contributed by atoms with Gasteiger partial charge in [0.05, 0.1) is 6.10 Å². The van der Waals surface area contributed by atoms with Crippen LogP contribution >= 0.6 is 11.3 Å². The Hall–Kier alpha value is -2.08. The van der Waals surface area contributed by atoms with Gasteiger partial charge < -0.3 is 4.74 Å². The van der Waals surface area contributed by atoms with Gasteiger partial charge in [-0.3, -0.25) is 9.88 Å². The molecular weight excluding hydrogens is 443 g/mol. The minimum atomic E-state index is -0.105. The Bertz CT molecular complexity index is 1050. The molecule has 3 nitrogen and oxygen atoms in total. The number of rotatable bonds is 10. The van der Waals surface area contributed by atoms with Crippen molar-refractivity contribution in [2.75, 3.05) is 19.7 Å². The quantitative estimate of drug-likeness (QED) is 0.304. The van der Waals surface area contributed by atoms with Crippen molar-refractivity contribution < 1.29 is 9.13 Å². The number of likely N-dealkylation sites (tertiary alicyclic amines) is 1. The van der Waals surface area contributed by atoms with Gasteiger partial charge in [-0.25, -0.2) is 0 Å². The molecule has 0 radical (unpaired) electrons. The maximum absolute atomic E-state index is 13.7. The zero-order valence-corrected chi connectivity index (χ0v) is 21.7. The second-order valence-electron chi connectivity index (χ2n) is 9.80. The van der Waals surface area contributed by atoms with E-state index in [-0.39, 0.29) is 22.2 Å². The molecule has 1 saturated heterocycles. The second-order valence-corrected chi connectivity index (χ2v) is 10.9. The summed E-state index contributed by atoms with van der Waals surface area (Å²) < 4.78 is 20.2. The van der Waals surface area contributed by atoms with Crippen molar-refractivity contribution in [3.8, 4) is 0 Å². The van der Waals surface area contributed by atoms with Crippen LogP contribution in [0.1, 0.15) is 67.8 Å². The maximum atomic E-state index is 13.7. The van der Waals surface area contributed by atoms with Crippen molar-refractivity contribution in [1.29, 1.82) is 0 Å². The van der Waals surface area contributed by atoms with Crippen LogP contribution in [0.5, 0.6) is 0 Å². The summed E-state index contributed by atoms with van der Waals surface area (Å²) in [5, 5.41) is -0.105. The summed E-state index contributed by atoms with van der Waals surface area (Å²) in [5.74, 6) is 0. The van der Waals surface area contributed by atoms with E-state index in [9.17, 15) is 4.39 Å². The SMILES string of the molecule is CCO[C@H](c1ccccc1)[C@]1(CCc2ccc(F)s2)CCN(C(C)(CC)c2ccc(C)nc2)C1. The van der Waals surface area contributed by atoms with Crippen molar-refractivity contribution in [1.82, 2.24) is 9.88 Å². The zero-order valence-electron chi connectivity index (χ0n) is 20.9. The Morgan fingerprint density at radius 1 is 1.15 bits per heavy atom. The molecule has 34 heavy (non-hydrogen) atoms. The molecule has 0 saturated carbocycles. The fraction of sp³-hybridized carbons (Fsp3) is 0.483. The minimum absolute atomic E-state index is 0.00533. The molecule has 0 spiro atoms. The lowest BCUT2D eigenvalue weighted by atomic mass is 9.74. The van der Waals surface area contributed by atoms with Crippen LogP contribution in [0.4, 0.5) is 4.39 Å². The first-order valence-corrected chi connectivity index (χ1v) is 13.3. The molecule has 1 aliphatic heterocycles. The van der Waals surface area contributed by atoms with Gasteiger partial charge in [0, 0.05) is 40.9 Å². The third kappa shape index (κ3) is 5.12. The molecule has 182 valence electrons. The van der Waals surface area contributed by atoms with E-state index in [2.05, 4.69) is 73.1 Å². The Balaban J connectivity index is 1.68. The number of ether oxygens (including phenoxy) is 1. The van der Waals surface area contributed by atoms with Crippen LogP contribution in [0.25, 0.3) is 0 Å². The molecule has 0 bridgehead atoms. The van der Waals surface area contributed by atoms with Crippen molar-refractivity contribution in [2.24, 2.45) is 5.41 Å². The number of hydrogen-bond donors (Lipinski definition) is 0. The smallest absolute Gasteiger partial charge is 0.176 e. The predicted molar refractivity (Wildman–Crippen MR) is 139 cm³/mol. The number of aromatic nitrogens is 1. The predicted octanol–water partition coefficient (Wildman–Crippen LogP) is 7.32. The number of pyridine rings is 1. The first kappa shape index (κ1) is 25.0. The molecular formula is C29H37FN2OS. The summed E-state index contributed by atoms with van der Waals surface area (Å²) in [6.07, 6.45) is 5.95. The Labute approximate surface area is 208 Å². The standard InChI is InChI=1S/C29H37FN2OS/c1-5-28(4,24-13-12-22(3)31-20-24)32-19-18-29(21-32,17-16-25-14-15-26(30)34-25)27(33-6-2)23-10-8-7-9-11-23/h7-15,20,27H,5-6,16-19,21H2,1-4H3/t27-,28?,29-/m1/s1. The number of benzene rings is 1. The average molecular weight is 481 g/mol. The molecule has 2 aromatic heterocycles. The van der Waals surface area contributed by atoms with E-state index in [1.807, 2.05) is 19.2 Å². The molecule has 3 aromatic rings. The number of hydrogen-bond acceptors (Lipinski definition) is 4. The first-order chi connectivity index (χ1) is 16.4. The van der Waals surface area contributed by atoms with E-state index in [4.69, 9.17) is 4.74 Å². The number of aryl methyl sites for hydroxylation is 2. The van der Waals surface area contributed by atoms with Crippen LogP contribution in [-0.2, 0) is 16.7 Å². The van der Waals surface area contributed by atoms with E-state index in [0.29, 0.717) is 6.61 Å². The summed E-state index contributed by atoms with van der Waals surface area (Å²) in [6.45, 7) is 11.4. The van der Waals surface area contributed by atoms with Gasteiger partial charge in [-0.2, -0.15) is 4.39 Å². The Kier molecular flexibility index (Phi) is 7.86. The van der Waals surface area contributed by atoms with Crippen molar-refractivity contribution in [3.63, 3.8) is 0 Å². The topological polar surface area (TPSA) is 25.4 Å². The molecule has 1 unspecified atom stereocenters. The van der Waals surface area contributed by atoms with Crippen molar-refractivity contribution in [3.05, 3.63) is 87.6 Å². The van der Waals surface area contributed by atoms with Crippen LogP contribution in [0.2, 0.25) is 0 Å². The fourth-order valence-corrected chi connectivity index (χ4v) is 6.27. The van der Waals surface area contributed by atoms with Crippen LogP contribution in [0.3, 0.4) is 0 Å². The molecule has 3 heterocycles. The number of nitrogens with zero attached hydrogens (tertiary/aromatic N) is 2. The fourth-order valence-electron chi connectivity index (χ4n) is 5.54. The van der Waals surface area contributed by atoms with Crippen molar-refractivity contribution >= 4 is 11.3 Å². The summed E-state index contributed by atoms with van der Waals surface area (Å²) in [7, 11) is 0. The number of thiophene rings is 1. The minimum Gasteiger partial charge on any atom is -0.373 e. The van der Waals surface area contributed by atoms with E-state index in [1.54, 1.807) is 6.07 Å². The van der Waals surface area contributed by atoms with E-state index < -0.39 is 0 Å². The van der Waals surface area contributed by atoms with Gasteiger partial charge in [-0.15, -0.1) is 11.3 Å². The highest BCUT2D eigenvalue weighted by Crippen LogP contribution is 2.51. The molecule has 0 aliphatic carbocycles. The maximum Gasteiger partial charge on any atom is 0.176 e. The molecule has 1 aromatic carbocycles. The molecule has 4 rings (SSSR count). The van der Waals surface area contributed by atoms with Crippen LogP contribution in [0.15, 0.2) is 60.8 Å². The molecule has 1 aliphatic rings. The first-order valence-electron chi connectivity index (χ1n) is 12.5. The van der Waals surface area contributed by atoms with Gasteiger partial charge in [0.25, 0.3) is 0 Å². The monoisotopic (exact) mass is 480 g/mol. The molecule has 5 heteroatoms. The van der Waals surface area contributed by atoms with Crippen LogP contribution in [-0.4, -0.2) is 29.6 Å². The highest BCUT2D eigenvalue weighted by Gasteiger charge is 2.49. The van der Waals surface area contributed by atoms with Crippen LogP contribution < -0.4 is 0 Å². The Morgan fingerprint density at radius 2 is 1.94 bits per heavy atom. The Morgan fingerprint density at radius 3 is 2.56 bits per heavy atom. The molecule has 0 N–H and O–H groups in total. The van der Waals surface area contributed by atoms with E-state index >= 15 is 0 Å². The largest absolute Gasteiger partial charge is 0.373 e. The lowest BCUT2D eigenvalue weighted by Gasteiger charge is -2.42. The summed E-state index contributed by atoms with van der Waals surface area (Å²) >= 11 is 1.27. The third-order valence-corrected chi connectivity index (χ3v) is 8.73. The highest BCUT2D eigenvalue weighted by atomic mass is 32.1. The average Bonchev–Trinajstić information content (AvgIpc) is 3.49. The van der Waals surface area contributed by atoms with Crippen molar-refractivity contribution in [2.45, 2.75) is 65.0 Å². The summed E-state index contributed by atoms with van der Waals surface area (Å²) in [4.78, 5) is 8.36. The highest BCUT2D eigenvalue weighted by molar-refractivity contribution is 7.10. The normalized spacial score (nSPS) is 21.4. The number of halogens is 1. The van der Waals surface area contributed by atoms with Gasteiger partial charge in [0.15, 0.2) is 5.13 Å². The third-order valence-electron chi connectivity index (χ3n) is 7.80. The molecule has 3 atom stereocenters. The van der Waals surface area contributed by atoms with Crippen LogP contribution in [0, 0.1) is 17.5 Å². The lowest BCUT2D eigenvalue weighted by molar-refractivity contribution is -0.0446. The van der Waals surface area contributed by atoms with Gasteiger partial charge in [-0.1, -0.05) is 43.3 Å². The van der Waals surface area contributed by atoms with E-state index in [0.717, 1.165) is 49.3 Å². The zero-order chi connectivity index (χ0) is 24.2. The molecule has 1 fully saturated rings. The summed E-state index contributed by atoms with van der Waals surface area (Å²) in [5.41, 5.74) is 3.40. The van der Waals surface area contributed by atoms with E-state index in [1.165, 1.54) is 22.5 Å². The van der Waals surface area contributed by atoms with Gasteiger partial charge >= 0.3 is 0 Å². The van der Waals surface area contributed by atoms with Gasteiger partial charge in [0.2, 0.25) is 0 Å². The van der Waals surface area contributed by atoms with Gasteiger partial charge in [-0.05, 0) is 82.3 Å².